The highest BCUT2D eigenvalue weighted by molar-refractivity contribution is 9.10. The van der Waals surface area contributed by atoms with E-state index in [0.717, 1.165) is 21.8 Å². The number of carbonyl (C=O) groups excluding carboxylic acids is 2. The number of nitrogens with one attached hydrogen (secondary N) is 2. The van der Waals surface area contributed by atoms with Crippen molar-refractivity contribution in [3.05, 3.63) is 68.7 Å². The average molecular weight is 490 g/mol. The lowest BCUT2D eigenvalue weighted by Crippen LogP contribution is -2.28. The molecule has 0 saturated carbocycles. The zero-order chi connectivity index (χ0) is 21.7. The van der Waals surface area contributed by atoms with Crippen molar-refractivity contribution in [1.82, 2.24) is 5.32 Å². The van der Waals surface area contributed by atoms with E-state index >= 15 is 0 Å². The van der Waals surface area contributed by atoms with Gasteiger partial charge in [0.05, 0.1) is 10.6 Å². The summed E-state index contributed by atoms with van der Waals surface area (Å²) in [5.41, 5.74) is 1.42. The number of benzene rings is 2. The summed E-state index contributed by atoms with van der Waals surface area (Å²) >= 11 is 4.46. The maximum Gasteiger partial charge on any atom is 0.292 e. The van der Waals surface area contributed by atoms with Crippen molar-refractivity contribution in [3.63, 3.8) is 0 Å². The van der Waals surface area contributed by atoms with Gasteiger partial charge in [-0.15, -0.1) is 5.10 Å². The van der Waals surface area contributed by atoms with Gasteiger partial charge in [-0.25, -0.2) is 0 Å². The molecule has 11 heteroatoms. The number of nitrogens with zero attached hydrogens (tertiary/aromatic N) is 3. The van der Waals surface area contributed by atoms with Crippen LogP contribution in [0, 0.1) is 10.1 Å². The molecule has 2 aromatic carbocycles. The van der Waals surface area contributed by atoms with Gasteiger partial charge in [-0.05, 0) is 30.7 Å². The van der Waals surface area contributed by atoms with Crippen LogP contribution in [0.3, 0.4) is 0 Å². The molecule has 0 aliphatic carbocycles. The maximum atomic E-state index is 12.3. The molecular formula is C19H16BrN5O4S. The van der Waals surface area contributed by atoms with Crippen molar-refractivity contribution >= 4 is 61.8 Å². The molecule has 1 heterocycles. The third-order valence-electron chi connectivity index (χ3n) is 4.07. The van der Waals surface area contributed by atoms with E-state index in [1.54, 1.807) is 13.0 Å². The quantitative estimate of drug-likeness (QED) is 0.363. The highest BCUT2D eigenvalue weighted by Crippen LogP contribution is 2.26. The molecule has 1 unspecified atom stereocenters. The van der Waals surface area contributed by atoms with Crippen molar-refractivity contribution in [2.75, 3.05) is 5.32 Å². The molecule has 0 spiro atoms. The molecule has 1 fully saturated rings. The van der Waals surface area contributed by atoms with Crippen LogP contribution in [0.1, 0.15) is 18.9 Å². The number of rotatable bonds is 6. The van der Waals surface area contributed by atoms with Crippen LogP contribution in [0.4, 0.5) is 11.4 Å². The second-order valence-corrected chi connectivity index (χ2v) is 8.33. The molecule has 1 aliphatic rings. The predicted molar refractivity (Wildman–Crippen MR) is 120 cm³/mol. The summed E-state index contributed by atoms with van der Waals surface area (Å²) in [5.74, 6) is -0.874. The lowest BCUT2D eigenvalue weighted by atomic mass is 10.1. The van der Waals surface area contributed by atoms with Crippen molar-refractivity contribution in [2.45, 2.75) is 18.6 Å². The van der Waals surface area contributed by atoms with E-state index in [-0.39, 0.29) is 23.7 Å². The fourth-order valence-electron chi connectivity index (χ4n) is 2.56. The summed E-state index contributed by atoms with van der Waals surface area (Å²) in [6.07, 6.45) is -0.156. The Labute approximate surface area is 184 Å². The molecule has 0 aromatic heterocycles. The summed E-state index contributed by atoms with van der Waals surface area (Å²) in [7, 11) is 0. The van der Waals surface area contributed by atoms with E-state index < -0.39 is 16.1 Å². The van der Waals surface area contributed by atoms with Gasteiger partial charge in [0.2, 0.25) is 11.8 Å². The molecule has 1 atom stereocenters. The van der Waals surface area contributed by atoms with Gasteiger partial charge < -0.3 is 10.6 Å². The molecule has 2 aromatic rings. The SMILES string of the molecule is C/C(=N\N=C1/NC(=O)C(CC(=O)Nc2ccccc2[N+](=O)[O-])S1)c1ccc(Br)cc1. The minimum absolute atomic E-state index is 0.0829. The number of amides is 2. The van der Waals surface area contributed by atoms with Crippen LogP contribution in [0.25, 0.3) is 0 Å². The number of hydrogen-bond acceptors (Lipinski definition) is 7. The molecule has 3 rings (SSSR count). The number of carbonyl (C=O) groups is 2. The van der Waals surface area contributed by atoms with E-state index in [1.165, 1.54) is 18.2 Å². The average Bonchev–Trinajstić information content (AvgIpc) is 3.06. The minimum atomic E-state index is -0.699. The Morgan fingerprint density at radius 1 is 1.27 bits per heavy atom. The number of thioether (sulfide) groups is 1. The molecule has 9 nitrogen and oxygen atoms in total. The van der Waals surface area contributed by atoms with Gasteiger partial charge in [0.25, 0.3) is 5.69 Å². The topological polar surface area (TPSA) is 126 Å². The summed E-state index contributed by atoms with van der Waals surface area (Å²) in [6, 6.07) is 13.4. The van der Waals surface area contributed by atoms with Crippen LogP contribution in [0.2, 0.25) is 0 Å². The predicted octanol–water partition coefficient (Wildman–Crippen LogP) is 3.70. The fraction of sp³-hybridized carbons (Fsp3) is 0.158. The van der Waals surface area contributed by atoms with E-state index in [9.17, 15) is 19.7 Å². The van der Waals surface area contributed by atoms with Gasteiger partial charge in [-0.3, -0.25) is 19.7 Å². The second kappa shape index (κ2) is 9.63. The first-order valence-electron chi connectivity index (χ1n) is 8.72. The Morgan fingerprint density at radius 3 is 2.67 bits per heavy atom. The Balaban J connectivity index is 1.62. The maximum absolute atomic E-state index is 12.3. The Bertz CT molecular complexity index is 1060. The molecule has 30 heavy (non-hydrogen) atoms. The first-order chi connectivity index (χ1) is 14.3. The van der Waals surface area contributed by atoms with E-state index in [1.807, 2.05) is 24.3 Å². The number of para-hydroxylation sites is 2. The molecule has 2 amide bonds. The van der Waals surface area contributed by atoms with Crippen molar-refractivity contribution in [1.29, 1.82) is 0 Å². The lowest BCUT2D eigenvalue weighted by molar-refractivity contribution is -0.383. The van der Waals surface area contributed by atoms with Gasteiger partial charge in [0.15, 0.2) is 5.17 Å². The highest BCUT2D eigenvalue weighted by atomic mass is 79.9. The molecule has 0 radical (unpaired) electrons. The number of amidine groups is 1. The standard InChI is InChI=1S/C19H16BrN5O4S/c1-11(12-6-8-13(20)9-7-12)23-24-19-22-18(27)16(30-19)10-17(26)21-14-4-2-3-5-15(14)25(28)29/h2-9,16H,10H2,1H3,(H,21,26)(H,22,24,27)/b23-11+. The molecule has 1 aliphatic heterocycles. The summed E-state index contributed by atoms with van der Waals surface area (Å²) < 4.78 is 0.950. The van der Waals surface area contributed by atoms with Crippen LogP contribution < -0.4 is 10.6 Å². The van der Waals surface area contributed by atoms with Gasteiger partial charge in [-0.1, -0.05) is 52.0 Å². The van der Waals surface area contributed by atoms with E-state index in [0.29, 0.717) is 10.9 Å². The highest BCUT2D eigenvalue weighted by Gasteiger charge is 2.32. The monoisotopic (exact) mass is 489 g/mol. The molecule has 1 saturated heterocycles. The first kappa shape index (κ1) is 21.7. The van der Waals surface area contributed by atoms with E-state index in [4.69, 9.17) is 0 Å². The number of nitro groups is 1. The van der Waals surface area contributed by atoms with Crippen LogP contribution in [0.15, 0.2) is 63.2 Å². The van der Waals surface area contributed by atoms with Crippen molar-refractivity contribution < 1.29 is 14.5 Å². The van der Waals surface area contributed by atoms with Gasteiger partial charge in [-0.2, -0.15) is 5.10 Å². The third kappa shape index (κ3) is 5.51. The Morgan fingerprint density at radius 2 is 1.97 bits per heavy atom. The summed E-state index contributed by atoms with van der Waals surface area (Å²) in [5, 5.41) is 23.9. The van der Waals surface area contributed by atoms with Gasteiger partial charge >= 0.3 is 0 Å². The number of halogens is 1. The minimum Gasteiger partial charge on any atom is -0.320 e. The summed E-state index contributed by atoms with van der Waals surface area (Å²) in [4.78, 5) is 34.9. The lowest BCUT2D eigenvalue weighted by Gasteiger charge is -2.07. The van der Waals surface area contributed by atoms with E-state index in [2.05, 4.69) is 36.8 Å². The number of nitro benzene ring substituents is 1. The van der Waals surface area contributed by atoms with Crippen LogP contribution in [-0.4, -0.2) is 32.9 Å². The third-order valence-corrected chi connectivity index (χ3v) is 5.68. The molecular weight excluding hydrogens is 474 g/mol. The van der Waals surface area contributed by atoms with Crippen molar-refractivity contribution in [3.8, 4) is 0 Å². The smallest absolute Gasteiger partial charge is 0.292 e. The van der Waals surface area contributed by atoms with Crippen LogP contribution in [-0.2, 0) is 9.59 Å². The normalized spacial score (nSPS) is 17.7. The summed E-state index contributed by atoms with van der Waals surface area (Å²) in [6.45, 7) is 1.80. The molecule has 2 N–H and O–H groups in total. The van der Waals surface area contributed by atoms with Crippen LogP contribution in [0.5, 0.6) is 0 Å². The van der Waals surface area contributed by atoms with Crippen LogP contribution >= 0.6 is 27.7 Å². The molecule has 0 bridgehead atoms. The zero-order valence-corrected chi connectivity index (χ0v) is 18.1. The largest absolute Gasteiger partial charge is 0.320 e. The fourth-order valence-corrected chi connectivity index (χ4v) is 3.75. The zero-order valence-electron chi connectivity index (χ0n) is 15.7. The van der Waals surface area contributed by atoms with Crippen molar-refractivity contribution in [2.24, 2.45) is 10.2 Å². The first-order valence-corrected chi connectivity index (χ1v) is 10.4. The number of anilines is 1. The Kier molecular flexibility index (Phi) is 6.95. The molecule has 154 valence electrons. The Hall–Kier alpha value is -3.05. The number of hydrogen-bond donors (Lipinski definition) is 2. The second-order valence-electron chi connectivity index (χ2n) is 6.22. The van der Waals surface area contributed by atoms with Gasteiger partial charge in [0, 0.05) is 17.0 Å². The van der Waals surface area contributed by atoms with Gasteiger partial charge in [0.1, 0.15) is 10.9 Å².